The lowest BCUT2D eigenvalue weighted by atomic mass is 10.1. The first-order chi connectivity index (χ1) is 6.74. The fourth-order valence-electron chi connectivity index (χ4n) is 1.14. The van der Waals surface area contributed by atoms with Crippen LogP contribution in [0.2, 0.25) is 0 Å². The van der Waals surface area contributed by atoms with Crippen molar-refractivity contribution in [1.82, 2.24) is 5.32 Å². The molecule has 2 nitrogen and oxygen atoms in total. The summed E-state index contributed by atoms with van der Waals surface area (Å²) in [5.41, 5.74) is 0.425. The molecule has 0 saturated heterocycles. The number of rotatable bonds is 5. The standard InChI is InChI=1S/C11H14FNO/c1-2-6-13-8-11(14)9-4-3-5-10(12)7-9/h3-5,7,13H,2,6,8H2,1H3. The molecule has 0 aromatic heterocycles. The third kappa shape index (κ3) is 3.26. The van der Waals surface area contributed by atoms with E-state index in [1.54, 1.807) is 12.1 Å². The number of Topliss-reactive ketones (excluding diaryl/α,β-unsaturated/α-hetero) is 1. The summed E-state index contributed by atoms with van der Waals surface area (Å²) >= 11 is 0. The van der Waals surface area contributed by atoms with Crippen LogP contribution in [0.15, 0.2) is 24.3 Å². The van der Waals surface area contributed by atoms with Crippen LogP contribution in [0.3, 0.4) is 0 Å². The largest absolute Gasteiger partial charge is 0.310 e. The Morgan fingerprint density at radius 1 is 1.50 bits per heavy atom. The zero-order valence-corrected chi connectivity index (χ0v) is 8.22. The Hall–Kier alpha value is -1.22. The van der Waals surface area contributed by atoms with Gasteiger partial charge in [-0.1, -0.05) is 19.1 Å². The molecule has 14 heavy (non-hydrogen) atoms. The van der Waals surface area contributed by atoms with Crippen LogP contribution in [0.5, 0.6) is 0 Å². The Morgan fingerprint density at radius 3 is 2.93 bits per heavy atom. The fourth-order valence-corrected chi connectivity index (χ4v) is 1.14. The molecule has 0 saturated carbocycles. The number of ketones is 1. The quantitative estimate of drug-likeness (QED) is 0.575. The van der Waals surface area contributed by atoms with Gasteiger partial charge in [-0.2, -0.15) is 0 Å². The highest BCUT2D eigenvalue weighted by molar-refractivity contribution is 5.97. The van der Waals surface area contributed by atoms with E-state index in [2.05, 4.69) is 5.32 Å². The third-order valence-corrected chi connectivity index (χ3v) is 1.86. The van der Waals surface area contributed by atoms with E-state index >= 15 is 0 Å². The van der Waals surface area contributed by atoms with Gasteiger partial charge in [0.15, 0.2) is 5.78 Å². The van der Waals surface area contributed by atoms with Gasteiger partial charge in [0.1, 0.15) is 5.82 Å². The Balaban J connectivity index is 2.52. The molecular weight excluding hydrogens is 181 g/mol. The summed E-state index contributed by atoms with van der Waals surface area (Å²) in [6, 6.07) is 5.76. The first-order valence-corrected chi connectivity index (χ1v) is 4.73. The van der Waals surface area contributed by atoms with Crippen molar-refractivity contribution < 1.29 is 9.18 Å². The van der Waals surface area contributed by atoms with Gasteiger partial charge < -0.3 is 5.32 Å². The Morgan fingerprint density at radius 2 is 2.29 bits per heavy atom. The molecule has 0 unspecified atom stereocenters. The smallest absolute Gasteiger partial charge is 0.176 e. The minimum absolute atomic E-state index is 0.0713. The summed E-state index contributed by atoms with van der Waals surface area (Å²) in [5, 5.41) is 2.98. The summed E-state index contributed by atoms with van der Waals surface area (Å²) in [7, 11) is 0. The monoisotopic (exact) mass is 195 g/mol. The van der Waals surface area contributed by atoms with Gasteiger partial charge in [-0.3, -0.25) is 4.79 Å². The van der Waals surface area contributed by atoms with Crippen molar-refractivity contribution in [1.29, 1.82) is 0 Å². The van der Waals surface area contributed by atoms with Gasteiger partial charge in [-0.25, -0.2) is 4.39 Å². The van der Waals surface area contributed by atoms with Crippen LogP contribution in [0, 0.1) is 5.82 Å². The van der Waals surface area contributed by atoms with Crippen LogP contribution < -0.4 is 5.32 Å². The maximum absolute atomic E-state index is 12.7. The summed E-state index contributed by atoms with van der Waals surface area (Å²) in [4.78, 5) is 11.4. The first-order valence-electron chi connectivity index (χ1n) is 4.73. The molecule has 0 aliphatic carbocycles. The average Bonchev–Trinajstić information content (AvgIpc) is 2.18. The Kier molecular flexibility index (Phi) is 4.26. The average molecular weight is 195 g/mol. The minimum atomic E-state index is -0.369. The van der Waals surface area contributed by atoms with E-state index in [0.717, 1.165) is 13.0 Å². The predicted octanol–water partition coefficient (Wildman–Crippen LogP) is 2.01. The van der Waals surface area contributed by atoms with Crippen LogP contribution >= 0.6 is 0 Å². The van der Waals surface area contributed by atoms with Crippen LogP contribution in [-0.4, -0.2) is 18.9 Å². The third-order valence-electron chi connectivity index (χ3n) is 1.86. The lowest BCUT2D eigenvalue weighted by Gasteiger charge is -2.02. The van der Waals surface area contributed by atoms with E-state index in [1.807, 2.05) is 6.92 Å². The maximum atomic E-state index is 12.7. The topological polar surface area (TPSA) is 29.1 Å². The molecule has 1 aromatic carbocycles. The van der Waals surface area contributed by atoms with E-state index in [4.69, 9.17) is 0 Å². The van der Waals surface area contributed by atoms with Gasteiger partial charge in [0.05, 0.1) is 6.54 Å². The van der Waals surface area contributed by atoms with Crippen LogP contribution in [-0.2, 0) is 0 Å². The van der Waals surface area contributed by atoms with Gasteiger partial charge in [-0.05, 0) is 25.1 Å². The molecule has 1 rings (SSSR count). The molecule has 3 heteroatoms. The van der Waals surface area contributed by atoms with Gasteiger partial charge in [-0.15, -0.1) is 0 Å². The number of halogens is 1. The zero-order chi connectivity index (χ0) is 10.4. The summed E-state index contributed by atoms with van der Waals surface area (Å²) in [5.74, 6) is -0.440. The SMILES string of the molecule is CCCNCC(=O)c1cccc(F)c1. The van der Waals surface area contributed by atoms with Crippen molar-refractivity contribution in [3.8, 4) is 0 Å². The number of hydrogen-bond donors (Lipinski definition) is 1. The normalized spacial score (nSPS) is 10.1. The molecule has 0 aliphatic heterocycles. The van der Waals surface area contributed by atoms with Gasteiger partial charge >= 0.3 is 0 Å². The van der Waals surface area contributed by atoms with Crippen molar-refractivity contribution >= 4 is 5.78 Å². The van der Waals surface area contributed by atoms with Crippen LogP contribution in [0.4, 0.5) is 4.39 Å². The van der Waals surface area contributed by atoms with Gasteiger partial charge in [0.2, 0.25) is 0 Å². The lowest BCUT2D eigenvalue weighted by molar-refractivity contribution is 0.0991. The predicted molar refractivity (Wildman–Crippen MR) is 53.9 cm³/mol. The van der Waals surface area contributed by atoms with Crippen molar-refractivity contribution in [2.45, 2.75) is 13.3 Å². The number of carbonyl (C=O) groups excluding carboxylic acids is 1. The first kappa shape index (κ1) is 10.9. The zero-order valence-electron chi connectivity index (χ0n) is 8.22. The molecule has 0 atom stereocenters. The van der Waals surface area contributed by atoms with E-state index in [-0.39, 0.29) is 18.1 Å². The van der Waals surface area contributed by atoms with Crippen molar-refractivity contribution in [3.63, 3.8) is 0 Å². The second-order valence-corrected chi connectivity index (χ2v) is 3.11. The van der Waals surface area contributed by atoms with Crippen LogP contribution in [0.25, 0.3) is 0 Å². The van der Waals surface area contributed by atoms with E-state index < -0.39 is 0 Å². The maximum Gasteiger partial charge on any atom is 0.176 e. The molecule has 0 spiro atoms. The highest BCUT2D eigenvalue weighted by atomic mass is 19.1. The molecule has 1 aromatic rings. The molecule has 0 heterocycles. The second kappa shape index (κ2) is 5.50. The molecule has 76 valence electrons. The molecule has 0 radical (unpaired) electrons. The van der Waals surface area contributed by atoms with Gasteiger partial charge in [0, 0.05) is 5.56 Å². The summed E-state index contributed by atoms with van der Waals surface area (Å²) in [6.07, 6.45) is 0.983. The number of benzene rings is 1. The molecule has 1 N–H and O–H groups in total. The minimum Gasteiger partial charge on any atom is -0.310 e. The highest BCUT2D eigenvalue weighted by Crippen LogP contribution is 2.03. The van der Waals surface area contributed by atoms with Crippen LogP contribution in [0.1, 0.15) is 23.7 Å². The van der Waals surface area contributed by atoms with Crippen molar-refractivity contribution in [3.05, 3.63) is 35.6 Å². The molecule has 0 fully saturated rings. The number of nitrogens with one attached hydrogen (secondary N) is 1. The van der Waals surface area contributed by atoms with Crippen molar-refractivity contribution in [2.24, 2.45) is 0 Å². The second-order valence-electron chi connectivity index (χ2n) is 3.11. The Labute approximate surface area is 83.1 Å². The fraction of sp³-hybridized carbons (Fsp3) is 0.364. The van der Waals surface area contributed by atoms with Gasteiger partial charge in [0.25, 0.3) is 0 Å². The Bertz CT molecular complexity index is 312. The molecule has 0 amide bonds. The van der Waals surface area contributed by atoms with E-state index in [0.29, 0.717) is 5.56 Å². The molecule has 0 aliphatic rings. The van der Waals surface area contributed by atoms with Crippen molar-refractivity contribution in [2.75, 3.05) is 13.1 Å². The molecule has 0 bridgehead atoms. The number of hydrogen-bond acceptors (Lipinski definition) is 2. The summed E-state index contributed by atoms with van der Waals surface area (Å²) in [6.45, 7) is 3.11. The summed E-state index contributed by atoms with van der Waals surface area (Å²) < 4.78 is 12.7. The van der Waals surface area contributed by atoms with E-state index in [9.17, 15) is 9.18 Å². The highest BCUT2D eigenvalue weighted by Gasteiger charge is 2.04. The number of carbonyl (C=O) groups is 1. The van der Waals surface area contributed by atoms with E-state index in [1.165, 1.54) is 12.1 Å². The molecular formula is C11H14FNO. The lowest BCUT2D eigenvalue weighted by Crippen LogP contribution is -2.23.